The Labute approximate surface area is 166 Å². The Balaban J connectivity index is 1.72. The molecule has 0 aliphatic carbocycles. The van der Waals surface area contributed by atoms with Gasteiger partial charge < -0.3 is 9.64 Å². The summed E-state index contributed by atoms with van der Waals surface area (Å²) >= 11 is 1.70. The number of hydrogen-bond acceptors (Lipinski definition) is 4. The molecule has 1 amide bonds. The highest BCUT2D eigenvalue weighted by Crippen LogP contribution is 2.41. The minimum absolute atomic E-state index is 0.0469. The lowest BCUT2D eigenvalue weighted by Crippen LogP contribution is -2.30. The highest BCUT2D eigenvalue weighted by atomic mass is 32.2. The van der Waals surface area contributed by atoms with Gasteiger partial charge in [0.05, 0.1) is 17.1 Å². The molecule has 0 N–H and O–H groups in total. The van der Waals surface area contributed by atoms with Crippen molar-refractivity contribution in [1.29, 1.82) is 0 Å². The predicted molar refractivity (Wildman–Crippen MR) is 110 cm³/mol. The van der Waals surface area contributed by atoms with Gasteiger partial charge in [0.25, 0.3) is 0 Å². The van der Waals surface area contributed by atoms with Crippen LogP contribution < -0.4 is 0 Å². The monoisotopic (exact) mass is 387 g/mol. The molecule has 6 heteroatoms. The summed E-state index contributed by atoms with van der Waals surface area (Å²) in [6, 6.07) is 10.2. The zero-order chi connectivity index (χ0) is 19.2. The number of benzene rings is 1. The van der Waals surface area contributed by atoms with Crippen LogP contribution in [0.2, 0.25) is 0 Å². The molecule has 0 bridgehead atoms. The van der Waals surface area contributed by atoms with Gasteiger partial charge in [-0.05, 0) is 38.8 Å². The smallest absolute Gasteiger partial charge is 0.233 e. The predicted octanol–water partition coefficient (Wildman–Crippen LogP) is 4.27. The maximum atomic E-state index is 12.5. The molecule has 0 spiro atoms. The lowest BCUT2D eigenvalue weighted by Gasteiger charge is -2.24. The van der Waals surface area contributed by atoms with Crippen molar-refractivity contribution >= 4 is 17.7 Å². The van der Waals surface area contributed by atoms with E-state index in [-0.39, 0.29) is 11.3 Å². The van der Waals surface area contributed by atoms with Crippen molar-refractivity contribution in [3.8, 4) is 5.69 Å². The SMILES string of the molecule is CCCCOCCCN1C(=O)CSC1c1c(C)nn(-c2ccccc2)c1C. The second-order valence-corrected chi connectivity index (χ2v) is 7.97. The third kappa shape index (κ3) is 4.55. The van der Waals surface area contributed by atoms with E-state index in [4.69, 9.17) is 9.84 Å². The molecular formula is C21H29N3O2S. The van der Waals surface area contributed by atoms with E-state index in [1.807, 2.05) is 34.7 Å². The van der Waals surface area contributed by atoms with Gasteiger partial charge in [0.1, 0.15) is 5.37 Å². The van der Waals surface area contributed by atoms with Gasteiger partial charge in [-0.1, -0.05) is 31.5 Å². The third-order valence-electron chi connectivity index (χ3n) is 4.89. The molecule has 1 unspecified atom stereocenters. The first-order valence-electron chi connectivity index (χ1n) is 9.73. The standard InChI is InChI=1S/C21H29N3O2S/c1-4-5-13-26-14-9-12-23-19(25)15-27-21(23)20-16(2)22-24(17(20)3)18-10-7-6-8-11-18/h6-8,10-11,21H,4-5,9,12-15H2,1-3H3. The molecule has 146 valence electrons. The minimum Gasteiger partial charge on any atom is -0.381 e. The summed E-state index contributed by atoms with van der Waals surface area (Å²) in [6.45, 7) is 8.55. The molecule has 2 aromatic rings. The molecular weight excluding hydrogens is 358 g/mol. The number of rotatable bonds is 9. The molecule has 1 aliphatic heterocycles. The van der Waals surface area contributed by atoms with Gasteiger partial charge in [-0.15, -0.1) is 11.8 Å². The van der Waals surface area contributed by atoms with E-state index in [2.05, 4.69) is 26.0 Å². The van der Waals surface area contributed by atoms with Crippen LogP contribution in [-0.4, -0.2) is 46.1 Å². The van der Waals surface area contributed by atoms with Gasteiger partial charge >= 0.3 is 0 Å². The summed E-state index contributed by atoms with van der Waals surface area (Å²) in [5, 5.41) is 4.80. The molecule has 2 heterocycles. The molecule has 5 nitrogen and oxygen atoms in total. The number of hydrogen-bond donors (Lipinski definition) is 0. The topological polar surface area (TPSA) is 47.4 Å². The highest BCUT2D eigenvalue weighted by molar-refractivity contribution is 8.00. The third-order valence-corrected chi connectivity index (χ3v) is 6.11. The Hall–Kier alpha value is -1.79. The summed E-state index contributed by atoms with van der Waals surface area (Å²) in [7, 11) is 0. The molecule has 1 aromatic heterocycles. The van der Waals surface area contributed by atoms with Gasteiger partial charge in [-0.25, -0.2) is 4.68 Å². The zero-order valence-corrected chi connectivity index (χ0v) is 17.3. The van der Waals surface area contributed by atoms with Crippen molar-refractivity contribution in [2.24, 2.45) is 0 Å². The first-order chi connectivity index (χ1) is 13.1. The lowest BCUT2D eigenvalue weighted by atomic mass is 10.1. The number of thioether (sulfide) groups is 1. The maximum Gasteiger partial charge on any atom is 0.233 e. The number of para-hydroxylation sites is 1. The van der Waals surface area contributed by atoms with Gasteiger partial charge in [-0.2, -0.15) is 5.10 Å². The fourth-order valence-corrected chi connectivity index (χ4v) is 4.83. The van der Waals surface area contributed by atoms with Crippen LogP contribution in [0.25, 0.3) is 5.69 Å². The quantitative estimate of drug-likeness (QED) is 0.603. The summed E-state index contributed by atoms with van der Waals surface area (Å²) in [6.07, 6.45) is 3.11. The van der Waals surface area contributed by atoms with Crippen molar-refractivity contribution in [3.63, 3.8) is 0 Å². The maximum absolute atomic E-state index is 12.5. The zero-order valence-electron chi connectivity index (χ0n) is 16.5. The molecule has 1 fully saturated rings. The number of aromatic nitrogens is 2. The second kappa shape index (κ2) is 9.42. The van der Waals surface area contributed by atoms with Crippen LogP contribution >= 0.6 is 11.8 Å². The minimum atomic E-state index is 0.0469. The van der Waals surface area contributed by atoms with E-state index in [1.54, 1.807) is 11.8 Å². The molecule has 3 rings (SSSR count). The van der Waals surface area contributed by atoms with E-state index < -0.39 is 0 Å². The highest BCUT2D eigenvalue weighted by Gasteiger charge is 2.35. The number of unbranched alkanes of at least 4 members (excludes halogenated alkanes) is 1. The van der Waals surface area contributed by atoms with Crippen molar-refractivity contribution in [2.45, 2.75) is 45.4 Å². The number of nitrogens with zero attached hydrogens (tertiary/aromatic N) is 3. The van der Waals surface area contributed by atoms with Gasteiger partial charge in [-0.3, -0.25) is 4.79 Å². The summed E-state index contributed by atoms with van der Waals surface area (Å²) in [5.41, 5.74) is 4.32. The number of aryl methyl sites for hydroxylation is 1. The lowest BCUT2D eigenvalue weighted by molar-refractivity contribution is -0.128. The number of ether oxygens (including phenoxy) is 1. The molecule has 1 aliphatic rings. The van der Waals surface area contributed by atoms with Gasteiger partial charge in [0.15, 0.2) is 0 Å². The average Bonchev–Trinajstić information content (AvgIpc) is 3.18. The van der Waals surface area contributed by atoms with Gasteiger partial charge in [0.2, 0.25) is 5.91 Å². The van der Waals surface area contributed by atoms with Crippen molar-refractivity contribution in [2.75, 3.05) is 25.5 Å². The van der Waals surface area contributed by atoms with E-state index in [9.17, 15) is 4.79 Å². The van der Waals surface area contributed by atoms with Crippen LogP contribution in [0.1, 0.15) is 48.5 Å². The Kier molecular flexibility index (Phi) is 6.96. The van der Waals surface area contributed by atoms with E-state index in [0.29, 0.717) is 12.4 Å². The Morgan fingerprint density at radius 3 is 2.67 bits per heavy atom. The van der Waals surface area contributed by atoms with Crippen molar-refractivity contribution in [1.82, 2.24) is 14.7 Å². The molecule has 1 saturated heterocycles. The largest absolute Gasteiger partial charge is 0.381 e. The summed E-state index contributed by atoms with van der Waals surface area (Å²) < 4.78 is 7.64. The van der Waals surface area contributed by atoms with Crippen LogP contribution in [-0.2, 0) is 9.53 Å². The van der Waals surface area contributed by atoms with Gasteiger partial charge in [0, 0.05) is 31.0 Å². The molecule has 27 heavy (non-hydrogen) atoms. The molecule has 0 saturated carbocycles. The van der Waals surface area contributed by atoms with E-state index in [1.165, 1.54) is 5.56 Å². The number of amides is 1. The molecule has 0 radical (unpaired) electrons. The fraction of sp³-hybridized carbons (Fsp3) is 0.524. The summed E-state index contributed by atoms with van der Waals surface area (Å²) in [5.74, 6) is 0.751. The molecule has 1 aromatic carbocycles. The molecule has 1 atom stereocenters. The van der Waals surface area contributed by atoms with Crippen LogP contribution in [0.4, 0.5) is 0 Å². The van der Waals surface area contributed by atoms with Crippen LogP contribution in [0.5, 0.6) is 0 Å². The fourth-order valence-electron chi connectivity index (χ4n) is 3.45. The average molecular weight is 388 g/mol. The number of carbonyl (C=O) groups is 1. The first-order valence-corrected chi connectivity index (χ1v) is 10.8. The van der Waals surface area contributed by atoms with Crippen LogP contribution in [0.3, 0.4) is 0 Å². The number of carbonyl (C=O) groups excluding carboxylic acids is 1. The second-order valence-electron chi connectivity index (χ2n) is 6.90. The van der Waals surface area contributed by atoms with Crippen molar-refractivity contribution in [3.05, 3.63) is 47.3 Å². The van der Waals surface area contributed by atoms with E-state index >= 15 is 0 Å². The van der Waals surface area contributed by atoms with Crippen molar-refractivity contribution < 1.29 is 9.53 Å². The Morgan fingerprint density at radius 2 is 1.93 bits per heavy atom. The Morgan fingerprint density at radius 1 is 1.19 bits per heavy atom. The van der Waals surface area contributed by atoms with E-state index in [0.717, 1.165) is 49.5 Å². The normalized spacial score (nSPS) is 17.1. The first kappa shape index (κ1) is 20.0. The van der Waals surface area contributed by atoms with Crippen LogP contribution in [0.15, 0.2) is 30.3 Å². The Bertz CT molecular complexity index is 760. The summed E-state index contributed by atoms with van der Waals surface area (Å²) in [4.78, 5) is 14.5. The van der Waals surface area contributed by atoms with Crippen LogP contribution in [0, 0.1) is 13.8 Å².